The highest BCUT2D eigenvalue weighted by atomic mass is 32.1. The number of thiazole rings is 1. The molecule has 4 amide bonds. The first kappa shape index (κ1) is 23.9. The van der Waals surface area contributed by atoms with Crippen molar-refractivity contribution in [2.24, 2.45) is 0 Å². The number of nitrogens with zero attached hydrogens (tertiary/aromatic N) is 1. The molecule has 0 bridgehead atoms. The summed E-state index contributed by atoms with van der Waals surface area (Å²) >= 11 is 1.34. The van der Waals surface area contributed by atoms with Crippen LogP contribution in [0.4, 0.5) is 14.7 Å². The van der Waals surface area contributed by atoms with Gasteiger partial charge in [-0.2, -0.15) is 0 Å². The Balaban J connectivity index is 1.66. The number of amides is 4. The number of hydrazine groups is 1. The standard InChI is InChI=1S/C20H27N5O5S/c1-13(26)22-18-23-15(12-31-18)11-29-16-7-5-14(6-8-16)9-10-21-17(27)24-25-19(28)30-20(2,3)4/h5-8,12H,9-11H2,1-4H3,(H,25,28)(H2,21,24,27)(H,22,23,26). The second kappa shape index (κ2) is 11.2. The topological polar surface area (TPSA) is 131 Å². The van der Waals surface area contributed by atoms with E-state index in [2.05, 4.69) is 26.5 Å². The zero-order chi connectivity index (χ0) is 22.9. The number of aromatic nitrogens is 1. The number of urea groups is 1. The molecule has 2 aromatic rings. The van der Waals surface area contributed by atoms with Crippen LogP contribution in [0, 0.1) is 0 Å². The zero-order valence-corrected chi connectivity index (χ0v) is 18.7. The van der Waals surface area contributed by atoms with Crippen LogP contribution >= 0.6 is 11.3 Å². The summed E-state index contributed by atoms with van der Waals surface area (Å²) in [4.78, 5) is 38.5. The molecule has 1 aromatic heterocycles. The van der Waals surface area contributed by atoms with Crippen LogP contribution in [0.1, 0.15) is 39.0 Å². The van der Waals surface area contributed by atoms with E-state index in [9.17, 15) is 14.4 Å². The minimum Gasteiger partial charge on any atom is -0.487 e. The van der Waals surface area contributed by atoms with Crippen LogP contribution in [-0.2, 0) is 22.6 Å². The molecule has 11 heteroatoms. The smallest absolute Gasteiger partial charge is 0.426 e. The first-order valence-electron chi connectivity index (χ1n) is 9.57. The van der Waals surface area contributed by atoms with Gasteiger partial charge >= 0.3 is 12.1 Å². The summed E-state index contributed by atoms with van der Waals surface area (Å²) in [5, 5.41) is 7.64. The van der Waals surface area contributed by atoms with Gasteiger partial charge in [-0.25, -0.2) is 25.4 Å². The Hall–Kier alpha value is -3.34. The van der Waals surface area contributed by atoms with Crippen molar-refractivity contribution in [1.29, 1.82) is 0 Å². The van der Waals surface area contributed by atoms with Gasteiger partial charge < -0.3 is 20.1 Å². The molecule has 31 heavy (non-hydrogen) atoms. The van der Waals surface area contributed by atoms with Crippen LogP contribution in [-0.4, -0.2) is 35.2 Å². The number of anilines is 1. The Labute approximate surface area is 184 Å². The third-order valence-corrected chi connectivity index (χ3v) is 4.33. The van der Waals surface area contributed by atoms with Crippen molar-refractivity contribution < 1.29 is 23.9 Å². The molecule has 0 saturated heterocycles. The first-order valence-corrected chi connectivity index (χ1v) is 10.5. The van der Waals surface area contributed by atoms with Crippen molar-refractivity contribution in [2.75, 3.05) is 11.9 Å². The van der Waals surface area contributed by atoms with Crippen LogP contribution in [0.2, 0.25) is 0 Å². The highest BCUT2D eigenvalue weighted by Gasteiger charge is 2.16. The molecule has 2 rings (SSSR count). The lowest BCUT2D eigenvalue weighted by Crippen LogP contribution is -2.48. The van der Waals surface area contributed by atoms with Gasteiger partial charge in [-0.3, -0.25) is 4.79 Å². The molecule has 0 aliphatic rings. The average molecular weight is 450 g/mol. The highest BCUT2D eigenvalue weighted by molar-refractivity contribution is 7.13. The lowest BCUT2D eigenvalue weighted by molar-refractivity contribution is -0.114. The maximum Gasteiger partial charge on any atom is 0.426 e. The largest absolute Gasteiger partial charge is 0.487 e. The first-order chi connectivity index (χ1) is 14.6. The van der Waals surface area contributed by atoms with Crippen molar-refractivity contribution in [1.82, 2.24) is 21.2 Å². The van der Waals surface area contributed by atoms with E-state index in [4.69, 9.17) is 9.47 Å². The van der Waals surface area contributed by atoms with Crippen LogP contribution in [0.15, 0.2) is 29.6 Å². The number of hydrogen-bond acceptors (Lipinski definition) is 7. The Morgan fingerprint density at radius 3 is 2.45 bits per heavy atom. The van der Waals surface area contributed by atoms with E-state index < -0.39 is 17.7 Å². The fraction of sp³-hybridized carbons (Fsp3) is 0.400. The fourth-order valence-electron chi connectivity index (χ4n) is 2.27. The van der Waals surface area contributed by atoms with Gasteiger partial charge in [-0.1, -0.05) is 12.1 Å². The lowest BCUT2D eigenvalue weighted by atomic mass is 10.1. The Morgan fingerprint density at radius 1 is 1.10 bits per heavy atom. The monoisotopic (exact) mass is 449 g/mol. The number of hydrogen-bond donors (Lipinski definition) is 4. The van der Waals surface area contributed by atoms with Crippen molar-refractivity contribution in [3.8, 4) is 5.75 Å². The average Bonchev–Trinajstić information content (AvgIpc) is 3.11. The van der Waals surface area contributed by atoms with E-state index in [0.29, 0.717) is 30.5 Å². The minimum atomic E-state index is -0.734. The minimum absolute atomic E-state index is 0.163. The summed E-state index contributed by atoms with van der Waals surface area (Å²) in [7, 11) is 0. The Kier molecular flexibility index (Phi) is 8.62. The zero-order valence-electron chi connectivity index (χ0n) is 17.9. The maximum absolute atomic E-state index is 11.7. The molecule has 168 valence electrons. The lowest BCUT2D eigenvalue weighted by Gasteiger charge is -2.19. The second-order valence-corrected chi connectivity index (χ2v) is 8.37. The van der Waals surface area contributed by atoms with Crippen LogP contribution < -0.4 is 26.2 Å². The van der Waals surface area contributed by atoms with Gasteiger partial charge in [0, 0.05) is 18.8 Å². The molecule has 1 heterocycles. The third kappa shape index (κ3) is 9.81. The van der Waals surface area contributed by atoms with Gasteiger partial charge in [-0.15, -0.1) is 11.3 Å². The number of nitrogens with one attached hydrogen (secondary N) is 4. The van der Waals surface area contributed by atoms with Gasteiger partial charge in [-0.05, 0) is 44.9 Å². The van der Waals surface area contributed by atoms with Crippen LogP contribution in [0.3, 0.4) is 0 Å². The molecule has 0 aliphatic heterocycles. The van der Waals surface area contributed by atoms with Gasteiger partial charge in [0.2, 0.25) is 5.91 Å². The predicted octanol–water partition coefficient (Wildman–Crippen LogP) is 2.96. The Bertz CT molecular complexity index is 892. The van der Waals surface area contributed by atoms with Gasteiger partial charge in [0.1, 0.15) is 18.0 Å². The molecule has 0 radical (unpaired) electrons. The molecule has 0 spiro atoms. The van der Waals surface area contributed by atoms with Crippen molar-refractivity contribution in [2.45, 2.75) is 46.3 Å². The van der Waals surface area contributed by atoms with Gasteiger partial charge in [0.15, 0.2) is 5.13 Å². The quantitative estimate of drug-likeness (QED) is 0.481. The van der Waals surface area contributed by atoms with Crippen molar-refractivity contribution in [3.63, 3.8) is 0 Å². The third-order valence-electron chi connectivity index (χ3n) is 3.52. The number of rotatable bonds is 7. The highest BCUT2D eigenvalue weighted by Crippen LogP contribution is 2.18. The second-order valence-electron chi connectivity index (χ2n) is 7.52. The van der Waals surface area contributed by atoms with E-state index in [0.717, 1.165) is 11.3 Å². The number of benzene rings is 1. The summed E-state index contributed by atoms with van der Waals surface area (Å²) in [6.07, 6.45) is -0.131. The molecule has 10 nitrogen and oxygen atoms in total. The molecule has 0 saturated carbocycles. The Morgan fingerprint density at radius 2 is 1.81 bits per heavy atom. The van der Waals surface area contributed by atoms with Crippen molar-refractivity contribution >= 4 is 34.5 Å². The SMILES string of the molecule is CC(=O)Nc1nc(COc2ccc(CCNC(=O)NNC(=O)OC(C)(C)C)cc2)cs1. The summed E-state index contributed by atoms with van der Waals surface area (Å²) in [5.41, 5.74) is 5.48. The van der Waals surface area contributed by atoms with Crippen LogP contribution in [0.25, 0.3) is 0 Å². The number of carbonyl (C=O) groups is 3. The fourth-order valence-corrected chi connectivity index (χ4v) is 3.01. The molecular weight excluding hydrogens is 422 g/mol. The predicted molar refractivity (Wildman–Crippen MR) is 117 cm³/mol. The van der Waals surface area contributed by atoms with E-state index >= 15 is 0 Å². The number of carbonyl (C=O) groups excluding carboxylic acids is 3. The van der Waals surface area contributed by atoms with Gasteiger partial charge in [0.05, 0.1) is 5.69 Å². The summed E-state index contributed by atoms with van der Waals surface area (Å²) in [6.45, 7) is 7.29. The molecule has 1 aromatic carbocycles. The summed E-state index contributed by atoms with van der Waals surface area (Å²) in [5.74, 6) is 0.522. The summed E-state index contributed by atoms with van der Waals surface area (Å²) in [6, 6.07) is 6.93. The normalized spacial score (nSPS) is 10.7. The molecule has 4 N–H and O–H groups in total. The van der Waals surface area contributed by atoms with Gasteiger partial charge in [0.25, 0.3) is 0 Å². The van der Waals surface area contributed by atoms with E-state index in [1.807, 2.05) is 29.6 Å². The molecule has 0 aliphatic carbocycles. The maximum atomic E-state index is 11.7. The molecule has 0 unspecified atom stereocenters. The van der Waals surface area contributed by atoms with Crippen LogP contribution in [0.5, 0.6) is 5.75 Å². The molecule has 0 fully saturated rings. The van der Waals surface area contributed by atoms with E-state index in [1.54, 1.807) is 20.8 Å². The molecule has 0 atom stereocenters. The van der Waals surface area contributed by atoms with E-state index in [-0.39, 0.29) is 5.91 Å². The van der Waals surface area contributed by atoms with E-state index in [1.165, 1.54) is 18.3 Å². The van der Waals surface area contributed by atoms with Crippen molar-refractivity contribution in [3.05, 3.63) is 40.9 Å². The number of ether oxygens (including phenoxy) is 2. The molecular formula is C20H27N5O5S. The summed E-state index contributed by atoms with van der Waals surface area (Å²) < 4.78 is 10.7.